The van der Waals surface area contributed by atoms with E-state index in [4.69, 9.17) is 11.6 Å². The minimum atomic E-state index is -0.163. The first-order valence-corrected chi connectivity index (χ1v) is 8.35. The van der Waals surface area contributed by atoms with Gasteiger partial charge in [-0.05, 0) is 59.3 Å². The third-order valence-electron chi connectivity index (χ3n) is 2.82. The molecule has 5 heteroatoms. The van der Waals surface area contributed by atoms with Crippen molar-refractivity contribution in [3.8, 4) is 0 Å². The molecule has 0 bridgehead atoms. The maximum Gasteiger partial charge on any atom is 0.255 e. The van der Waals surface area contributed by atoms with E-state index in [-0.39, 0.29) is 10.7 Å². The van der Waals surface area contributed by atoms with Crippen molar-refractivity contribution < 1.29 is 4.79 Å². The van der Waals surface area contributed by atoms with Crippen LogP contribution in [0.2, 0.25) is 5.02 Å². The molecule has 2 aromatic carbocycles. The van der Waals surface area contributed by atoms with Crippen molar-refractivity contribution in [2.45, 2.75) is 11.8 Å². The number of alkyl halides is 1. The van der Waals surface area contributed by atoms with Crippen LogP contribution in [-0.4, -0.2) is 5.91 Å². The minimum Gasteiger partial charge on any atom is -0.322 e. The van der Waals surface area contributed by atoms with Gasteiger partial charge in [0, 0.05) is 19.6 Å². The van der Waals surface area contributed by atoms with E-state index < -0.39 is 0 Å². The zero-order valence-corrected chi connectivity index (χ0v) is 15.2. The molecule has 1 atom stereocenters. The molecule has 2 rings (SSSR count). The number of carbonyl (C=O) groups excluding carboxylic acids is 1. The van der Waals surface area contributed by atoms with E-state index in [1.165, 1.54) is 0 Å². The number of hydrogen-bond acceptors (Lipinski definition) is 1. The molecular weight excluding hydrogens is 452 g/mol. The molecule has 0 spiro atoms. The largest absolute Gasteiger partial charge is 0.322 e. The Hall–Kier alpha value is -0.590. The molecule has 0 heterocycles. The van der Waals surface area contributed by atoms with Crippen molar-refractivity contribution in [2.24, 2.45) is 0 Å². The predicted octanol–water partition coefficient (Wildman–Crippen LogP) is 5.65. The Morgan fingerprint density at radius 1 is 1.30 bits per heavy atom. The molecule has 104 valence electrons. The van der Waals surface area contributed by atoms with Crippen molar-refractivity contribution in [2.75, 3.05) is 5.32 Å². The smallest absolute Gasteiger partial charge is 0.255 e. The zero-order valence-electron chi connectivity index (χ0n) is 10.7. The SMILES string of the molecule is CC(Br)c1ccccc1NC(=O)c1ccc(I)c(Cl)c1. The lowest BCUT2D eigenvalue weighted by molar-refractivity contribution is 0.102. The molecule has 2 nitrogen and oxygen atoms in total. The Kier molecular flexibility index (Phi) is 5.46. The van der Waals surface area contributed by atoms with Gasteiger partial charge in [-0.2, -0.15) is 0 Å². The first-order valence-electron chi connectivity index (χ1n) is 5.98. The standard InChI is InChI=1S/C15H12BrClINO/c1-9(16)11-4-2-3-5-14(11)19-15(20)10-6-7-13(18)12(17)8-10/h2-9H,1H3,(H,19,20). The Labute approximate surface area is 145 Å². The first kappa shape index (κ1) is 15.8. The van der Waals surface area contributed by atoms with Crippen molar-refractivity contribution in [1.29, 1.82) is 0 Å². The highest BCUT2D eigenvalue weighted by atomic mass is 127. The maximum absolute atomic E-state index is 12.3. The predicted molar refractivity (Wildman–Crippen MR) is 95.9 cm³/mol. The van der Waals surface area contributed by atoms with Crippen LogP contribution in [-0.2, 0) is 0 Å². The Balaban J connectivity index is 2.26. The summed E-state index contributed by atoms with van der Waals surface area (Å²) in [7, 11) is 0. The number of nitrogens with one attached hydrogen (secondary N) is 1. The van der Waals surface area contributed by atoms with E-state index in [9.17, 15) is 4.79 Å². The van der Waals surface area contributed by atoms with Crippen LogP contribution in [0.4, 0.5) is 5.69 Å². The molecule has 0 saturated heterocycles. The van der Waals surface area contributed by atoms with Gasteiger partial charge in [-0.1, -0.05) is 45.7 Å². The van der Waals surface area contributed by atoms with Gasteiger partial charge >= 0.3 is 0 Å². The van der Waals surface area contributed by atoms with Crippen molar-refractivity contribution in [3.63, 3.8) is 0 Å². The fraction of sp³-hybridized carbons (Fsp3) is 0.133. The molecule has 0 aliphatic rings. The number of halogens is 3. The number of benzene rings is 2. The second-order valence-corrected chi connectivity index (χ2v) is 7.23. The highest BCUT2D eigenvalue weighted by Crippen LogP contribution is 2.29. The second kappa shape index (κ2) is 6.91. The van der Waals surface area contributed by atoms with Gasteiger partial charge in [0.25, 0.3) is 5.91 Å². The van der Waals surface area contributed by atoms with Crippen LogP contribution in [0.1, 0.15) is 27.7 Å². The lowest BCUT2D eigenvalue weighted by Gasteiger charge is -2.13. The third kappa shape index (κ3) is 3.74. The van der Waals surface area contributed by atoms with Gasteiger partial charge < -0.3 is 5.32 Å². The van der Waals surface area contributed by atoms with Gasteiger partial charge in [-0.15, -0.1) is 0 Å². The van der Waals surface area contributed by atoms with Crippen LogP contribution >= 0.6 is 50.1 Å². The quantitative estimate of drug-likeness (QED) is 0.462. The van der Waals surface area contributed by atoms with Crippen LogP contribution < -0.4 is 5.32 Å². The molecule has 0 aliphatic carbocycles. The van der Waals surface area contributed by atoms with Gasteiger partial charge in [0.05, 0.1) is 5.02 Å². The van der Waals surface area contributed by atoms with E-state index in [0.29, 0.717) is 10.6 Å². The average molecular weight is 465 g/mol. The van der Waals surface area contributed by atoms with E-state index in [0.717, 1.165) is 14.8 Å². The summed E-state index contributed by atoms with van der Waals surface area (Å²) >= 11 is 11.7. The minimum absolute atomic E-state index is 0.163. The van der Waals surface area contributed by atoms with Gasteiger partial charge in [-0.25, -0.2) is 0 Å². The normalized spacial score (nSPS) is 12.0. The summed E-state index contributed by atoms with van der Waals surface area (Å²) in [6, 6.07) is 13.0. The highest BCUT2D eigenvalue weighted by molar-refractivity contribution is 14.1. The van der Waals surface area contributed by atoms with Crippen LogP contribution in [0.3, 0.4) is 0 Å². The van der Waals surface area contributed by atoms with Crippen molar-refractivity contribution in [3.05, 3.63) is 62.2 Å². The molecule has 1 unspecified atom stereocenters. The number of para-hydroxylation sites is 1. The summed E-state index contributed by atoms with van der Waals surface area (Å²) in [6.45, 7) is 2.02. The van der Waals surface area contributed by atoms with Crippen LogP contribution in [0.25, 0.3) is 0 Å². The average Bonchev–Trinajstić information content (AvgIpc) is 2.42. The Bertz CT molecular complexity index is 646. The summed E-state index contributed by atoms with van der Waals surface area (Å²) in [4.78, 5) is 12.4. The summed E-state index contributed by atoms with van der Waals surface area (Å²) in [5, 5.41) is 3.51. The fourth-order valence-corrected chi connectivity index (χ4v) is 2.70. The van der Waals surface area contributed by atoms with Gasteiger partial charge in [0.2, 0.25) is 0 Å². The summed E-state index contributed by atoms with van der Waals surface area (Å²) in [5.74, 6) is -0.163. The molecular formula is C15H12BrClINO. The Morgan fingerprint density at radius 3 is 2.65 bits per heavy atom. The monoisotopic (exact) mass is 463 g/mol. The molecule has 0 radical (unpaired) electrons. The molecule has 20 heavy (non-hydrogen) atoms. The first-order chi connectivity index (χ1) is 9.49. The number of carbonyl (C=O) groups is 1. The molecule has 0 saturated carbocycles. The van der Waals surface area contributed by atoms with Crippen molar-refractivity contribution >= 4 is 61.7 Å². The van der Waals surface area contributed by atoms with E-state index in [1.807, 2.05) is 37.3 Å². The lowest BCUT2D eigenvalue weighted by atomic mass is 10.1. The van der Waals surface area contributed by atoms with Crippen LogP contribution in [0.15, 0.2) is 42.5 Å². The maximum atomic E-state index is 12.3. The Morgan fingerprint density at radius 2 is 2.00 bits per heavy atom. The van der Waals surface area contributed by atoms with E-state index in [2.05, 4.69) is 43.8 Å². The second-order valence-electron chi connectivity index (χ2n) is 4.29. The lowest BCUT2D eigenvalue weighted by Crippen LogP contribution is -2.13. The topological polar surface area (TPSA) is 29.1 Å². The molecule has 1 amide bonds. The van der Waals surface area contributed by atoms with Crippen LogP contribution in [0, 0.1) is 3.57 Å². The van der Waals surface area contributed by atoms with Gasteiger partial charge in [0.15, 0.2) is 0 Å². The number of anilines is 1. The molecule has 0 aromatic heterocycles. The summed E-state index contributed by atoms with van der Waals surface area (Å²) in [5.41, 5.74) is 2.39. The molecule has 1 N–H and O–H groups in total. The number of rotatable bonds is 3. The summed E-state index contributed by atoms with van der Waals surface area (Å²) in [6.07, 6.45) is 0. The van der Waals surface area contributed by atoms with Gasteiger partial charge in [-0.3, -0.25) is 4.79 Å². The van der Waals surface area contributed by atoms with Crippen molar-refractivity contribution in [1.82, 2.24) is 0 Å². The number of amides is 1. The van der Waals surface area contributed by atoms with Gasteiger partial charge in [0.1, 0.15) is 0 Å². The van der Waals surface area contributed by atoms with Crippen LogP contribution in [0.5, 0.6) is 0 Å². The molecule has 2 aromatic rings. The molecule has 0 fully saturated rings. The molecule has 0 aliphatic heterocycles. The van der Waals surface area contributed by atoms with E-state index >= 15 is 0 Å². The van der Waals surface area contributed by atoms with E-state index in [1.54, 1.807) is 12.1 Å². The third-order valence-corrected chi connectivity index (χ3v) is 4.88. The summed E-state index contributed by atoms with van der Waals surface area (Å²) < 4.78 is 0.926. The zero-order chi connectivity index (χ0) is 14.7. The fourth-order valence-electron chi connectivity index (χ4n) is 1.79. The highest BCUT2D eigenvalue weighted by Gasteiger charge is 2.12. The number of hydrogen-bond donors (Lipinski definition) is 1.